The van der Waals surface area contributed by atoms with Crippen LogP contribution in [0, 0.1) is 6.92 Å². The number of aryl methyl sites for hydroxylation is 2. The summed E-state index contributed by atoms with van der Waals surface area (Å²) in [5, 5.41) is 0. The number of imidazole rings is 1. The van der Waals surface area contributed by atoms with Crippen LogP contribution in [-0.2, 0) is 29.1 Å². The molecule has 0 aliphatic carbocycles. The number of benzene rings is 3. The van der Waals surface area contributed by atoms with E-state index in [0.717, 1.165) is 40.0 Å². The van der Waals surface area contributed by atoms with Crippen LogP contribution in [0.2, 0.25) is 0 Å². The van der Waals surface area contributed by atoms with Gasteiger partial charge in [0.2, 0.25) is 5.91 Å². The predicted octanol–water partition coefficient (Wildman–Crippen LogP) is 5.56. The topological polar surface area (TPSA) is 65.8 Å². The molecule has 0 unspecified atom stereocenters. The fraction of sp³-hybridized carbons (Fsp3) is 0.333. The molecule has 0 radical (unpaired) electrons. The minimum atomic E-state index is -0.141. The second-order valence-electron chi connectivity index (χ2n) is 9.07. The minimum Gasteiger partial charge on any atom is -0.497 e. The summed E-state index contributed by atoms with van der Waals surface area (Å²) in [4.78, 5) is 20.7. The highest BCUT2D eigenvalue weighted by Crippen LogP contribution is 2.29. The third-order valence-corrected chi connectivity index (χ3v) is 6.51. The summed E-state index contributed by atoms with van der Waals surface area (Å²) >= 11 is 0. The van der Waals surface area contributed by atoms with Crippen molar-refractivity contribution in [1.29, 1.82) is 0 Å². The highest BCUT2D eigenvalue weighted by molar-refractivity contribution is 5.96. The van der Waals surface area contributed by atoms with Crippen molar-refractivity contribution in [2.45, 2.75) is 46.4 Å². The smallest absolute Gasteiger partial charge is 0.247 e. The molecule has 7 nitrogen and oxygen atoms in total. The van der Waals surface area contributed by atoms with Gasteiger partial charge in [-0.2, -0.15) is 0 Å². The van der Waals surface area contributed by atoms with Gasteiger partial charge < -0.3 is 23.7 Å². The molecule has 0 spiro atoms. The Morgan fingerprint density at radius 2 is 1.73 bits per heavy atom. The van der Waals surface area contributed by atoms with E-state index in [2.05, 4.69) is 26.0 Å². The van der Waals surface area contributed by atoms with E-state index in [-0.39, 0.29) is 25.1 Å². The number of rotatable bonds is 11. The maximum absolute atomic E-state index is 14.1. The van der Waals surface area contributed by atoms with Crippen molar-refractivity contribution >= 4 is 22.6 Å². The lowest BCUT2D eigenvalue weighted by atomic mass is 10.0. The Hall–Kier alpha value is -3.84. The number of nitrogens with zero attached hydrogens (tertiary/aromatic N) is 3. The van der Waals surface area contributed by atoms with Crippen molar-refractivity contribution in [3.63, 3.8) is 0 Å². The molecule has 0 aliphatic heterocycles. The maximum atomic E-state index is 14.1. The molecular formula is C30H35N3O4. The third kappa shape index (κ3) is 5.78. The lowest BCUT2D eigenvalue weighted by molar-refractivity contribution is -0.119. The number of carbonyl (C=O) groups excluding carboxylic acids is 1. The van der Waals surface area contributed by atoms with Gasteiger partial charge in [0.05, 0.1) is 36.5 Å². The number of carbonyl (C=O) groups is 1. The van der Waals surface area contributed by atoms with Crippen LogP contribution in [0.4, 0.5) is 5.69 Å². The standard InChI is InChI=1S/C30H35N3O4/c1-6-23-11-9-10-21(2)30(23)33(22(3)19-35-4)29(34)18-32-27-13-8-7-12-26(27)31-28(32)20-37-25-16-14-24(36-5)15-17-25/h7-17,22H,6,18-20H2,1-5H3/t22-/m1/s1. The lowest BCUT2D eigenvalue weighted by Crippen LogP contribution is -2.44. The number of hydrogen-bond acceptors (Lipinski definition) is 5. The van der Waals surface area contributed by atoms with Gasteiger partial charge in [0.15, 0.2) is 0 Å². The Morgan fingerprint density at radius 1 is 1.00 bits per heavy atom. The van der Waals surface area contributed by atoms with Crippen molar-refractivity contribution in [1.82, 2.24) is 9.55 Å². The van der Waals surface area contributed by atoms with Crippen LogP contribution < -0.4 is 14.4 Å². The van der Waals surface area contributed by atoms with Gasteiger partial charge in [-0.3, -0.25) is 4.79 Å². The quantitative estimate of drug-likeness (QED) is 0.269. The molecule has 1 aromatic heterocycles. The van der Waals surface area contributed by atoms with Gasteiger partial charge in [0.25, 0.3) is 0 Å². The molecule has 4 rings (SSSR count). The first-order valence-corrected chi connectivity index (χ1v) is 12.6. The van der Waals surface area contributed by atoms with E-state index in [1.807, 2.05) is 71.0 Å². The molecule has 3 aromatic carbocycles. The molecule has 37 heavy (non-hydrogen) atoms. The molecule has 1 heterocycles. The van der Waals surface area contributed by atoms with Crippen molar-refractivity contribution < 1.29 is 19.0 Å². The fourth-order valence-corrected chi connectivity index (χ4v) is 4.70. The summed E-state index contributed by atoms with van der Waals surface area (Å²) in [6.07, 6.45) is 0.829. The Labute approximate surface area is 218 Å². The van der Waals surface area contributed by atoms with E-state index in [9.17, 15) is 4.79 Å². The molecule has 1 amide bonds. The Morgan fingerprint density at radius 3 is 2.43 bits per heavy atom. The van der Waals surface area contributed by atoms with Gasteiger partial charge in [-0.1, -0.05) is 37.3 Å². The van der Waals surface area contributed by atoms with E-state index in [4.69, 9.17) is 19.2 Å². The monoisotopic (exact) mass is 501 g/mol. The summed E-state index contributed by atoms with van der Waals surface area (Å²) in [7, 11) is 3.29. The first-order valence-electron chi connectivity index (χ1n) is 12.6. The van der Waals surface area contributed by atoms with E-state index in [0.29, 0.717) is 18.2 Å². The van der Waals surface area contributed by atoms with Crippen molar-refractivity contribution in [3.05, 3.63) is 83.7 Å². The Bertz CT molecular complexity index is 1350. The Balaban J connectivity index is 1.68. The van der Waals surface area contributed by atoms with Crippen LogP contribution in [0.3, 0.4) is 0 Å². The van der Waals surface area contributed by atoms with Crippen LogP contribution in [0.1, 0.15) is 30.8 Å². The van der Waals surface area contributed by atoms with Crippen molar-refractivity contribution in [3.8, 4) is 11.5 Å². The first kappa shape index (κ1) is 26.2. The average molecular weight is 502 g/mol. The van der Waals surface area contributed by atoms with Crippen LogP contribution in [-0.4, -0.2) is 42.3 Å². The van der Waals surface area contributed by atoms with Gasteiger partial charge in [0.1, 0.15) is 30.5 Å². The van der Waals surface area contributed by atoms with Gasteiger partial charge in [0, 0.05) is 7.11 Å². The summed E-state index contributed by atoms with van der Waals surface area (Å²) < 4.78 is 18.7. The van der Waals surface area contributed by atoms with Crippen LogP contribution >= 0.6 is 0 Å². The van der Waals surface area contributed by atoms with Gasteiger partial charge in [-0.15, -0.1) is 0 Å². The number of anilines is 1. The summed E-state index contributed by atoms with van der Waals surface area (Å²) in [5.74, 6) is 2.12. The number of aromatic nitrogens is 2. The fourth-order valence-electron chi connectivity index (χ4n) is 4.70. The molecular weight excluding hydrogens is 466 g/mol. The molecule has 0 N–H and O–H groups in total. The van der Waals surface area contributed by atoms with Gasteiger partial charge in [-0.25, -0.2) is 4.98 Å². The second-order valence-corrected chi connectivity index (χ2v) is 9.07. The predicted molar refractivity (Wildman–Crippen MR) is 146 cm³/mol. The van der Waals surface area contributed by atoms with Crippen molar-refractivity contribution in [2.24, 2.45) is 0 Å². The number of ether oxygens (including phenoxy) is 3. The van der Waals surface area contributed by atoms with E-state index in [1.54, 1.807) is 14.2 Å². The zero-order valence-corrected chi connectivity index (χ0v) is 22.2. The highest BCUT2D eigenvalue weighted by Gasteiger charge is 2.27. The van der Waals surface area contributed by atoms with E-state index in [1.165, 1.54) is 0 Å². The molecule has 194 valence electrons. The third-order valence-electron chi connectivity index (χ3n) is 6.51. The maximum Gasteiger partial charge on any atom is 0.247 e. The van der Waals surface area contributed by atoms with E-state index < -0.39 is 0 Å². The molecule has 4 aromatic rings. The second kappa shape index (κ2) is 11.9. The van der Waals surface area contributed by atoms with Crippen LogP contribution in [0.25, 0.3) is 11.0 Å². The van der Waals surface area contributed by atoms with Gasteiger partial charge in [-0.05, 0) is 67.8 Å². The Kier molecular flexibility index (Phi) is 8.46. The zero-order chi connectivity index (χ0) is 26.4. The zero-order valence-electron chi connectivity index (χ0n) is 22.2. The molecule has 0 aliphatic rings. The summed E-state index contributed by atoms with van der Waals surface area (Å²) in [6, 6.07) is 21.3. The molecule has 7 heteroatoms. The number of fused-ring (bicyclic) bond motifs is 1. The van der Waals surface area contributed by atoms with E-state index >= 15 is 0 Å². The SMILES string of the molecule is CCc1cccc(C)c1N(C(=O)Cn1c(COc2ccc(OC)cc2)nc2ccccc21)[C@H](C)COC. The highest BCUT2D eigenvalue weighted by atomic mass is 16.5. The molecule has 0 fully saturated rings. The molecule has 1 atom stereocenters. The molecule has 0 bridgehead atoms. The normalized spacial score (nSPS) is 11.9. The lowest BCUT2D eigenvalue weighted by Gasteiger charge is -2.32. The van der Waals surface area contributed by atoms with Crippen molar-refractivity contribution in [2.75, 3.05) is 25.7 Å². The number of para-hydroxylation sites is 3. The summed E-state index contributed by atoms with van der Waals surface area (Å²) in [6.45, 7) is 6.98. The molecule has 0 saturated heterocycles. The van der Waals surface area contributed by atoms with Gasteiger partial charge >= 0.3 is 0 Å². The average Bonchev–Trinajstić information content (AvgIpc) is 3.26. The molecule has 0 saturated carbocycles. The first-order chi connectivity index (χ1) is 18.0. The van der Waals surface area contributed by atoms with Crippen LogP contribution in [0.5, 0.6) is 11.5 Å². The number of methoxy groups -OCH3 is 2. The minimum absolute atomic E-state index is 0.0256. The number of amides is 1. The largest absolute Gasteiger partial charge is 0.497 e. The number of hydrogen-bond donors (Lipinski definition) is 0. The summed E-state index contributed by atoms with van der Waals surface area (Å²) in [5.41, 5.74) is 4.87. The van der Waals surface area contributed by atoms with Crippen LogP contribution in [0.15, 0.2) is 66.7 Å².